The predicted molar refractivity (Wildman–Crippen MR) is 116 cm³/mol. The van der Waals surface area contributed by atoms with Crippen LogP contribution in [0.3, 0.4) is 0 Å². The zero-order valence-corrected chi connectivity index (χ0v) is 19.5. The molecule has 32 heavy (non-hydrogen) atoms. The molecule has 4 saturated heterocycles. The maximum absolute atomic E-state index is 14.1. The van der Waals surface area contributed by atoms with Gasteiger partial charge in [-0.2, -0.15) is 0 Å². The SMILES string of the molecule is CO.CS[C@@]12C[C@H]3C(=O)CC[C@H](O)[C@H]3N1C(=O)[C@@]13C[C@@H]4[C@@H]([C@@H](O)[C@@H](C[C@@H]4O)S1)N3C2=O.O. The maximum Gasteiger partial charge on any atom is 0.261 e. The van der Waals surface area contributed by atoms with E-state index in [1.165, 1.54) is 23.5 Å². The van der Waals surface area contributed by atoms with E-state index in [1.54, 1.807) is 16.1 Å². The van der Waals surface area contributed by atoms with Crippen LogP contribution in [0, 0.1) is 11.8 Å². The van der Waals surface area contributed by atoms with Crippen LogP contribution in [0.2, 0.25) is 0 Å². The van der Waals surface area contributed by atoms with E-state index in [2.05, 4.69) is 0 Å². The summed E-state index contributed by atoms with van der Waals surface area (Å²) in [6, 6.07) is -1.25. The van der Waals surface area contributed by atoms with Crippen molar-refractivity contribution >= 4 is 41.1 Å². The van der Waals surface area contributed by atoms with Crippen LogP contribution in [0.1, 0.15) is 32.1 Å². The van der Waals surface area contributed by atoms with Gasteiger partial charge in [-0.3, -0.25) is 14.4 Å². The fourth-order valence-corrected chi connectivity index (χ4v) is 9.91. The summed E-state index contributed by atoms with van der Waals surface area (Å²) in [5, 5.41) is 38.9. The Balaban J connectivity index is 0.000000796. The molecular formula is C20H30N2O8S2. The number of hydrogen-bond donors (Lipinski definition) is 4. The van der Waals surface area contributed by atoms with Gasteiger partial charge in [0.2, 0.25) is 0 Å². The number of rotatable bonds is 1. The van der Waals surface area contributed by atoms with Crippen molar-refractivity contribution < 1.29 is 40.3 Å². The summed E-state index contributed by atoms with van der Waals surface area (Å²) in [6.45, 7) is 0. The first-order valence-electron chi connectivity index (χ1n) is 10.7. The summed E-state index contributed by atoms with van der Waals surface area (Å²) in [7, 11) is 1.00. The molecule has 0 unspecified atom stereocenters. The molecular weight excluding hydrogens is 460 g/mol. The Morgan fingerprint density at radius 1 is 1.00 bits per heavy atom. The van der Waals surface area contributed by atoms with Gasteiger partial charge in [0.25, 0.3) is 11.8 Å². The lowest BCUT2D eigenvalue weighted by Crippen LogP contribution is -2.77. The Morgan fingerprint density at radius 2 is 1.69 bits per heavy atom. The summed E-state index contributed by atoms with van der Waals surface area (Å²) in [6.07, 6.45) is 1.00. The van der Waals surface area contributed by atoms with E-state index in [1.807, 2.05) is 0 Å². The van der Waals surface area contributed by atoms with Crippen LogP contribution < -0.4 is 0 Å². The van der Waals surface area contributed by atoms with Crippen molar-refractivity contribution in [2.45, 2.75) is 77.5 Å². The molecule has 2 aliphatic carbocycles. The standard InChI is InChI=1S/C19H24N2O6S2.CH4O.H2O/c1-28-18-5-7-9(22)2-3-10(23)13(7)20(18)17(27)19-6-8-11(24)4-12(29-19)15(25)14(8)21(19)16(18)26;1-2;/h7-8,10-15,23-25H,2-6H2,1H3;2H,1H3;1H2/t7-,8-,10-,11-,12+,13-,14-,15-,18+,19+;;/m0../s1. The minimum atomic E-state index is -1.23. The summed E-state index contributed by atoms with van der Waals surface area (Å²) in [5.74, 6) is -1.36. The van der Waals surface area contributed by atoms with E-state index < -0.39 is 46.1 Å². The van der Waals surface area contributed by atoms with Crippen molar-refractivity contribution in [3.63, 3.8) is 0 Å². The molecule has 4 aliphatic heterocycles. The smallest absolute Gasteiger partial charge is 0.261 e. The van der Waals surface area contributed by atoms with Gasteiger partial charge in [0.1, 0.15) is 5.78 Å². The van der Waals surface area contributed by atoms with E-state index in [9.17, 15) is 29.7 Å². The first-order valence-corrected chi connectivity index (χ1v) is 12.8. The predicted octanol–water partition coefficient (Wildman–Crippen LogP) is -2.06. The highest BCUT2D eigenvalue weighted by molar-refractivity contribution is 8.02. The van der Waals surface area contributed by atoms with Crippen molar-refractivity contribution in [3.05, 3.63) is 0 Å². The van der Waals surface area contributed by atoms with Crippen molar-refractivity contribution in [2.75, 3.05) is 13.4 Å². The third-order valence-electron chi connectivity index (χ3n) is 8.22. The monoisotopic (exact) mass is 490 g/mol. The topological polar surface area (TPSA) is 170 Å². The number of fused-ring (bicyclic) bond motifs is 4. The lowest BCUT2D eigenvalue weighted by atomic mass is 9.80. The Morgan fingerprint density at radius 3 is 2.34 bits per heavy atom. The summed E-state index contributed by atoms with van der Waals surface area (Å²) >= 11 is 2.55. The van der Waals surface area contributed by atoms with E-state index in [0.29, 0.717) is 19.3 Å². The molecule has 0 aromatic rings. The van der Waals surface area contributed by atoms with Crippen LogP contribution in [0.25, 0.3) is 0 Å². The van der Waals surface area contributed by atoms with Gasteiger partial charge in [-0.05, 0) is 25.5 Å². The highest BCUT2D eigenvalue weighted by Gasteiger charge is 2.78. The zero-order chi connectivity index (χ0) is 22.5. The van der Waals surface area contributed by atoms with E-state index in [4.69, 9.17) is 5.11 Å². The van der Waals surface area contributed by atoms with Gasteiger partial charge in [-0.15, -0.1) is 23.5 Å². The largest absolute Gasteiger partial charge is 0.412 e. The molecule has 10 nitrogen and oxygen atoms in total. The van der Waals surface area contributed by atoms with Gasteiger partial charge in [0, 0.05) is 37.0 Å². The van der Waals surface area contributed by atoms with Crippen LogP contribution in [0.4, 0.5) is 0 Å². The second kappa shape index (κ2) is 7.82. The number of ketones is 1. The van der Waals surface area contributed by atoms with E-state index >= 15 is 0 Å². The molecule has 0 aromatic heterocycles. The van der Waals surface area contributed by atoms with E-state index in [0.717, 1.165) is 7.11 Å². The molecule has 6 fully saturated rings. The van der Waals surface area contributed by atoms with Gasteiger partial charge in [0.05, 0.1) is 30.4 Å². The molecule has 3 bridgehead atoms. The molecule has 2 amide bonds. The Hall–Kier alpha value is -0.890. The normalized spacial score (nSPS) is 50.2. The first-order chi connectivity index (χ1) is 14.8. The molecule has 180 valence electrons. The highest BCUT2D eigenvalue weighted by Crippen LogP contribution is 2.65. The minimum absolute atomic E-state index is 0. The van der Waals surface area contributed by atoms with Crippen LogP contribution in [-0.4, -0.2) is 112 Å². The lowest BCUT2D eigenvalue weighted by Gasteiger charge is -2.59. The summed E-state index contributed by atoms with van der Waals surface area (Å²) in [4.78, 5) is 41.5. The molecule has 2 saturated carbocycles. The number of aliphatic hydroxyl groups excluding tert-OH is 4. The number of carbonyl (C=O) groups is 3. The number of piperazine rings is 1. The van der Waals surface area contributed by atoms with Crippen molar-refractivity contribution in [2.24, 2.45) is 11.8 Å². The van der Waals surface area contributed by atoms with Crippen LogP contribution in [-0.2, 0) is 14.4 Å². The number of Topliss-reactive ketones (excluding diaryl/α,β-unsaturated/α-hetero) is 1. The van der Waals surface area contributed by atoms with Gasteiger partial charge in [-0.25, -0.2) is 0 Å². The van der Waals surface area contributed by atoms with Gasteiger partial charge < -0.3 is 35.7 Å². The maximum atomic E-state index is 14.1. The Bertz CT molecular complexity index is 842. The fraction of sp³-hybridized carbons (Fsp3) is 0.850. The Labute approximate surface area is 194 Å². The second-order valence-corrected chi connectivity index (χ2v) is 11.9. The van der Waals surface area contributed by atoms with Gasteiger partial charge >= 0.3 is 0 Å². The fourth-order valence-electron chi connectivity index (χ4n) is 6.99. The molecule has 6 rings (SSSR count). The lowest BCUT2D eigenvalue weighted by molar-refractivity contribution is -0.172. The summed E-state index contributed by atoms with van der Waals surface area (Å²) in [5.41, 5.74) is 0. The molecule has 4 heterocycles. The average Bonchev–Trinajstić information content (AvgIpc) is 3.23. The van der Waals surface area contributed by atoms with Gasteiger partial charge in [-0.1, -0.05) is 0 Å². The zero-order valence-electron chi connectivity index (χ0n) is 17.9. The molecule has 12 heteroatoms. The quantitative estimate of drug-likeness (QED) is 0.323. The van der Waals surface area contributed by atoms with Crippen LogP contribution >= 0.6 is 23.5 Å². The molecule has 10 atom stereocenters. The third-order valence-corrected chi connectivity index (χ3v) is 11.1. The average molecular weight is 491 g/mol. The number of carbonyl (C=O) groups excluding carboxylic acids is 3. The molecule has 6 N–H and O–H groups in total. The van der Waals surface area contributed by atoms with Crippen molar-refractivity contribution in [1.29, 1.82) is 0 Å². The molecule has 0 radical (unpaired) electrons. The second-order valence-electron chi connectivity index (χ2n) is 9.31. The van der Waals surface area contributed by atoms with E-state index in [-0.39, 0.29) is 47.1 Å². The minimum Gasteiger partial charge on any atom is -0.412 e. The molecule has 6 aliphatic rings. The number of nitrogens with zero attached hydrogens (tertiary/aromatic N) is 2. The molecule has 0 aromatic carbocycles. The summed E-state index contributed by atoms with van der Waals surface area (Å²) < 4.78 is 0. The highest BCUT2D eigenvalue weighted by atomic mass is 32.2. The number of hydrogen-bond acceptors (Lipinski definition) is 9. The number of amides is 2. The van der Waals surface area contributed by atoms with Crippen molar-refractivity contribution in [1.82, 2.24) is 9.80 Å². The molecule has 0 spiro atoms. The first kappa shape index (κ1) is 24.2. The van der Waals surface area contributed by atoms with Gasteiger partial charge in [0.15, 0.2) is 9.74 Å². The number of thioether (sulfide) groups is 2. The number of aliphatic hydroxyl groups is 4. The Kier molecular flexibility index (Phi) is 5.93. The van der Waals surface area contributed by atoms with Crippen molar-refractivity contribution in [3.8, 4) is 0 Å². The van der Waals surface area contributed by atoms with Crippen LogP contribution in [0.5, 0.6) is 0 Å². The van der Waals surface area contributed by atoms with Crippen LogP contribution in [0.15, 0.2) is 0 Å². The third kappa shape index (κ3) is 2.60.